The first kappa shape index (κ1) is 22.8. The highest BCUT2D eigenvalue weighted by Crippen LogP contribution is 2.44. The molecule has 4 rings (SSSR count). The molecule has 1 aliphatic carbocycles. The first-order chi connectivity index (χ1) is 16.0. The largest absolute Gasteiger partial charge is 0.481 e. The lowest BCUT2D eigenvalue weighted by Crippen LogP contribution is -2.50. The summed E-state index contributed by atoms with van der Waals surface area (Å²) in [7, 11) is 1.39. The number of ether oxygens (including phenoxy) is 2. The van der Waals surface area contributed by atoms with Crippen LogP contribution < -0.4 is 5.32 Å². The van der Waals surface area contributed by atoms with E-state index in [1.807, 2.05) is 36.4 Å². The number of rotatable bonds is 7. The lowest BCUT2D eigenvalue weighted by molar-refractivity contribution is -0.149. The average Bonchev–Trinajstić information content (AvgIpc) is 3.16. The monoisotopic (exact) mass is 452 g/mol. The topological polar surface area (TPSA) is 105 Å². The van der Waals surface area contributed by atoms with Crippen molar-refractivity contribution in [1.29, 1.82) is 0 Å². The molecular weight excluding hydrogens is 424 g/mol. The van der Waals surface area contributed by atoms with Crippen LogP contribution in [0.25, 0.3) is 11.1 Å². The van der Waals surface area contributed by atoms with Gasteiger partial charge in [-0.1, -0.05) is 48.5 Å². The molecule has 1 unspecified atom stereocenters. The Labute approximate surface area is 192 Å². The van der Waals surface area contributed by atoms with Crippen molar-refractivity contribution >= 4 is 18.0 Å². The standard InChI is InChI=1S/C25H28N2O6/c1-32-22(23(28)27-12-6-7-16(14-27)24(29)30)13-26-25(31)33-15-21-19-10-4-2-8-17(19)18-9-3-5-11-20(18)21/h2-5,8-11,16,21-22H,6-7,12-15H2,1H3,(H,26,31)(H,29,30)/t16-,22?/m0/s1. The average molecular weight is 453 g/mol. The minimum absolute atomic E-state index is 0.0516. The number of hydrogen-bond donors (Lipinski definition) is 2. The highest BCUT2D eigenvalue weighted by atomic mass is 16.5. The maximum Gasteiger partial charge on any atom is 0.407 e. The molecule has 0 saturated carbocycles. The second kappa shape index (κ2) is 10.0. The molecule has 0 bridgehead atoms. The summed E-state index contributed by atoms with van der Waals surface area (Å²) in [5, 5.41) is 11.8. The predicted octanol–water partition coefficient (Wildman–Crippen LogP) is 2.86. The van der Waals surface area contributed by atoms with E-state index >= 15 is 0 Å². The van der Waals surface area contributed by atoms with Crippen molar-refractivity contribution in [3.8, 4) is 11.1 Å². The molecule has 2 N–H and O–H groups in total. The summed E-state index contributed by atoms with van der Waals surface area (Å²) in [6.45, 7) is 0.754. The Hall–Kier alpha value is -3.39. The van der Waals surface area contributed by atoms with Crippen LogP contribution in [0.1, 0.15) is 29.9 Å². The van der Waals surface area contributed by atoms with Gasteiger partial charge in [0.05, 0.1) is 12.5 Å². The zero-order valence-electron chi connectivity index (χ0n) is 18.5. The molecule has 2 aliphatic rings. The van der Waals surface area contributed by atoms with Gasteiger partial charge in [-0.3, -0.25) is 9.59 Å². The molecule has 1 heterocycles. The third kappa shape index (κ3) is 4.85. The normalized spacial score (nSPS) is 18.2. The van der Waals surface area contributed by atoms with Crippen molar-refractivity contribution in [3.63, 3.8) is 0 Å². The molecule has 33 heavy (non-hydrogen) atoms. The van der Waals surface area contributed by atoms with E-state index in [4.69, 9.17) is 9.47 Å². The van der Waals surface area contributed by atoms with Crippen LogP contribution in [-0.4, -0.2) is 67.4 Å². The highest BCUT2D eigenvalue weighted by Gasteiger charge is 2.32. The summed E-state index contributed by atoms with van der Waals surface area (Å²) in [4.78, 5) is 37.9. The summed E-state index contributed by atoms with van der Waals surface area (Å²) in [6.07, 6.45) is -0.361. The SMILES string of the molecule is COC(CNC(=O)OCC1c2ccccc2-c2ccccc21)C(=O)N1CCC[C@H](C(=O)O)C1. The number of piperidine rings is 1. The Bertz CT molecular complexity index is 994. The number of alkyl carbamates (subject to hydrolysis) is 1. The van der Waals surface area contributed by atoms with Crippen LogP contribution >= 0.6 is 0 Å². The Kier molecular flexibility index (Phi) is 6.93. The first-order valence-corrected chi connectivity index (χ1v) is 11.1. The van der Waals surface area contributed by atoms with Crippen molar-refractivity contribution in [2.45, 2.75) is 24.9 Å². The smallest absolute Gasteiger partial charge is 0.407 e. The van der Waals surface area contributed by atoms with Gasteiger partial charge in [-0.05, 0) is 35.1 Å². The molecule has 1 aliphatic heterocycles. The molecule has 8 nitrogen and oxygen atoms in total. The van der Waals surface area contributed by atoms with E-state index in [9.17, 15) is 19.5 Å². The van der Waals surface area contributed by atoms with Crippen LogP contribution in [0.4, 0.5) is 4.79 Å². The van der Waals surface area contributed by atoms with Crippen LogP contribution in [0.2, 0.25) is 0 Å². The third-order valence-electron chi connectivity index (χ3n) is 6.42. The summed E-state index contributed by atoms with van der Waals surface area (Å²) < 4.78 is 10.8. The third-order valence-corrected chi connectivity index (χ3v) is 6.42. The number of nitrogens with zero attached hydrogens (tertiary/aromatic N) is 1. The van der Waals surface area contributed by atoms with Gasteiger partial charge in [0, 0.05) is 26.1 Å². The van der Waals surface area contributed by atoms with Gasteiger partial charge >= 0.3 is 12.1 Å². The van der Waals surface area contributed by atoms with Crippen molar-refractivity contribution in [2.24, 2.45) is 5.92 Å². The van der Waals surface area contributed by atoms with E-state index in [0.29, 0.717) is 19.4 Å². The van der Waals surface area contributed by atoms with Gasteiger partial charge in [-0.25, -0.2) is 4.79 Å². The number of methoxy groups -OCH3 is 1. The number of carboxylic acids is 1. The van der Waals surface area contributed by atoms with E-state index in [-0.39, 0.29) is 31.5 Å². The molecule has 0 radical (unpaired) electrons. The van der Waals surface area contributed by atoms with Gasteiger partial charge in [0.2, 0.25) is 0 Å². The Morgan fingerprint density at radius 3 is 2.33 bits per heavy atom. The molecule has 1 fully saturated rings. The molecule has 2 aromatic rings. The quantitative estimate of drug-likeness (QED) is 0.669. The van der Waals surface area contributed by atoms with Gasteiger partial charge in [0.15, 0.2) is 6.10 Å². The minimum atomic E-state index is -0.905. The maximum absolute atomic E-state index is 12.8. The second-order valence-electron chi connectivity index (χ2n) is 8.39. The number of nitrogens with one attached hydrogen (secondary N) is 1. The fraction of sp³-hybridized carbons (Fsp3) is 0.400. The van der Waals surface area contributed by atoms with Crippen molar-refractivity contribution in [1.82, 2.24) is 10.2 Å². The molecule has 1 saturated heterocycles. The lowest BCUT2D eigenvalue weighted by Gasteiger charge is -2.33. The van der Waals surface area contributed by atoms with E-state index in [1.165, 1.54) is 12.0 Å². The zero-order chi connectivity index (χ0) is 23.4. The van der Waals surface area contributed by atoms with E-state index in [0.717, 1.165) is 22.3 Å². The predicted molar refractivity (Wildman–Crippen MR) is 121 cm³/mol. The summed E-state index contributed by atoms with van der Waals surface area (Å²) in [6, 6.07) is 16.2. The van der Waals surface area contributed by atoms with Crippen molar-refractivity contribution in [3.05, 3.63) is 59.7 Å². The molecule has 8 heteroatoms. The van der Waals surface area contributed by atoms with E-state index in [1.54, 1.807) is 0 Å². The van der Waals surface area contributed by atoms with Crippen molar-refractivity contribution < 1.29 is 29.0 Å². The highest BCUT2D eigenvalue weighted by molar-refractivity contribution is 5.83. The number of likely N-dealkylation sites (tertiary alicyclic amines) is 1. The summed E-state index contributed by atoms with van der Waals surface area (Å²) in [5.41, 5.74) is 4.53. The number of carbonyl (C=O) groups is 3. The number of amides is 2. The fourth-order valence-electron chi connectivity index (χ4n) is 4.68. The molecule has 0 aromatic heterocycles. The van der Waals surface area contributed by atoms with Crippen LogP contribution in [0, 0.1) is 5.92 Å². The van der Waals surface area contributed by atoms with Gasteiger partial charge in [0.25, 0.3) is 5.91 Å². The lowest BCUT2D eigenvalue weighted by atomic mass is 9.98. The van der Waals surface area contributed by atoms with Crippen LogP contribution in [0.5, 0.6) is 0 Å². The fourth-order valence-corrected chi connectivity index (χ4v) is 4.68. The van der Waals surface area contributed by atoms with Gasteiger partial charge in [-0.15, -0.1) is 0 Å². The number of carboxylic acid groups (broad SMARTS) is 1. The number of carbonyl (C=O) groups excluding carboxylic acids is 2. The number of aliphatic carboxylic acids is 1. The number of benzene rings is 2. The van der Waals surface area contributed by atoms with Crippen LogP contribution in [0.3, 0.4) is 0 Å². The van der Waals surface area contributed by atoms with Crippen LogP contribution in [0.15, 0.2) is 48.5 Å². The molecule has 2 atom stereocenters. The van der Waals surface area contributed by atoms with E-state index in [2.05, 4.69) is 17.4 Å². The zero-order valence-corrected chi connectivity index (χ0v) is 18.5. The number of hydrogen-bond acceptors (Lipinski definition) is 5. The Morgan fingerprint density at radius 1 is 1.09 bits per heavy atom. The van der Waals surface area contributed by atoms with Gasteiger partial charge in [0.1, 0.15) is 6.61 Å². The van der Waals surface area contributed by atoms with Crippen LogP contribution in [-0.2, 0) is 19.1 Å². The molecule has 2 amide bonds. The summed E-state index contributed by atoms with van der Waals surface area (Å²) in [5.74, 6) is -1.86. The van der Waals surface area contributed by atoms with Gasteiger partial charge < -0.3 is 24.8 Å². The second-order valence-corrected chi connectivity index (χ2v) is 8.39. The Balaban J connectivity index is 1.32. The van der Waals surface area contributed by atoms with E-state index < -0.39 is 24.1 Å². The number of fused-ring (bicyclic) bond motifs is 3. The minimum Gasteiger partial charge on any atom is -0.481 e. The maximum atomic E-state index is 12.8. The molecular formula is C25H28N2O6. The Morgan fingerprint density at radius 2 is 1.73 bits per heavy atom. The molecule has 0 spiro atoms. The van der Waals surface area contributed by atoms with Gasteiger partial charge in [-0.2, -0.15) is 0 Å². The first-order valence-electron chi connectivity index (χ1n) is 11.1. The molecule has 174 valence electrons. The summed E-state index contributed by atoms with van der Waals surface area (Å²) >= 11 is 0. The van der Waals surface area contributed by atoms with Crippen molar-refractivity contribution in [2.75, 3.05) is 33.4 Å². The molecule has 2 aromatic carbocycles.